The van der Waals surface area contributed by atoms with E-state index in [4.69, 9.17) is 9.72 Å². The molecule has 3 aromatic heterocycles. The molecule has 1 fully saturated rings. The van der Waals surface area contributed by atoms with E-state index >= 15 is 0 Å². The second-order valence-electron chi connectivity index (χ2n) is 6.42. The van der Waals surface area contributed by atoms with Crippen LogP contribution in [0.25, 0.3) is 11.4 Å². The van der Waals surface area contributed by atoms with Crippen molar-refractivity contribution in [3.63, 3.8) is 0 Å². The number of aromatic nitrogens is 5. The first-order valence-corrected chi connectivity index (χ1v) is 9.95. The van der Waals surface area contributed by atoms with Crippen molar-refractivity contribution in [3.05, 3.63) is 30.1 Å². The third-order valence-electron chi connectivity index (χ3n) is 4.37. The Labute approximate surface area is 162 Å². The molecule has 0 atom stereocenters. The molecule has 4 heterocycles. The molecule has 9 heteroatoms. The van der Waals surface area contributed by atoms with Crippen molar-refractivity contribution in [3.8, 4) is 11.4 Å². The number of morpholine rings is 1. The number of hydrogen-bond acceptors (Lipinski definition) is 8. The number of nitrogens with one attached hydrogen (secondary N) is 1. The van der Waals surface area contributed by atoms with E-state index in [2.05, 4.69) is 31.6 Å². The molecule has 4 rings (SSSR count). The number of ether oxygens (including phenoxy) is 1. The zero-order valence-electron chi connectivity index (χ0n) is 15.6. The molecular weight excluding hydrogens is 362 g/mol. The van der Waals surface area contributed by atoms with Gasteiger partial charge in [-0.2, -0.15) is 14.5 Å². The van der Waals surface area contributed by atoms with Gasteiger partial charge in [0.05, 0.1) is 24.5 Å². The summed E-state index contributed by atoms with van der Waals surface area (Å²) in [6.07, 6.45) is 3.06. The van der Waals surface area contributed by atoms with Crippen molar-refractivity contribution < 1.29 is 4.74 Å². The molecule has 0 aromatic carbocycles. The average molecular weight is 385 g/mol. The Kier molecular flexibility index (Phi) is 5.30. The van der Waals surface area contributed by atoms with Gasteiger partial charge in [0, 0.05) is 37.4 Å². The number of nitrogens with zero attached hydrogens (tertiary/aromatic N) is 6. The Balaban J connectivity index is 1.49. The van der Waals surface area contributed by atoms with Gasteiger partial charge in [0.15, 0.2) is 5.82 Å². The van der Waals surface area contributed by atoms with E-state index < -0.39 is 0 Å². The van der Waals surface area contributed by atoms with Crippen LogP contribution in [0.15, 0.2) is 24.4 Å². The molecule has 0 spiro atoms. The van der Waals surface area contributed by atoms with Crippen molar-refractivity contribution in [1.29, 1.82) is 0 Å². The monoisotopic (exact) mass is 385 g/mol. The van der Waals surface area contributed by atoms with Crippen LogP contribution in [0.5, 0.6) is 0 Å². The molecule has 0 radical (unpaired) electrons. The normalized spacial score (nSPS) is 14.5. The number of rotatable bonds is 6. The molecule has 142 valence electrons. The summed E-state index contributed by atoms with van der Waals surface area (Å²) in [5.41, 5.74) is 1.92. The Bertz CT molecular complexity index is 901. The molecule has 0 aliphatic carbocycles. The summed E-state index contributed by atoms with van der Waals surface area (Å²) < 4.78 is 11.8. The van der Waals surface area contributed by atoms with Crippen LogP contribution in [0.4, 0.5) is 16.8 Å². The summed E-state index contributed by atoms with van der Waals surface area (Å²) in [5, 5.41) is 8.52. The lowest BCUT2D eigenvalue weighted by molar-refractivity contribution is 0.122. The third kappa shape index (κ3) is 4.09. The molecule has 0 unspecified atom stereocenters. The topological polar surface area (TPSA) is 81.0 Å². The lowest BCUT2D eigenvalue weighted by atomic mass is 10.2. The van der Waals surface area contributed by atoms with E-state index in [9.17, 15) is 0 Å². The quantitative estimate of drug-likeness (QED) is 0.698. The lowest BCUT2D eigenvalue weighted by Crippen LogP contribution is -2.36. The van der Waals surface area contributed by atoms with Crippen LogP contribution in [0.3, 0.4) is 0 Å². The number of pyridine rings is 1. The first kappa shape index (κ1) is 17.9. The van der Waals surface area contributed by atoms with E-state index in [0.29, 0.717) is 5.82 Å². The minimum Gasteiger partial charge on any atom is -0.378 e. The lowest BCUT2D eigenvalue weighted by Gasteiger charge is -2.27. The van der Waals surface area contributed by atoms with Crippen LogP contribution in [0.1, 0.15) is 19.0 Å². The van der Waals surface area contributed by atoms with Gasteiger partial charge in [0.2, 0.25) is 5.13 Å². The Morgan fingerprint density at radius 3 is 2.89 bits per heavy atom. The minimum atomic E-state index is 0.701. The molecule has 3 aromatic rings. The van der Waals surface area contributed by atoms with Crippen LogP contribution in [-0.2, 0) is 11.3 Å². The molecular formula is C18H23N7OS. The van der Waals surface area contributed by atoms with E-state index in [0.717, 1.165) is 67.3 Å². The number of aryl methyl sites for hydroxylation is 2. The third-order valence-corrected chi connectivity index (χ3v) is 5.00. The molecule has 0 bridgehead atoms. The first-order chi connectivity index (χ1) is 13.2. The van der Waals surface area contributed by atoms with E-state index in [-0.39, 0.29) is 0 Å². The highest BCUT2D eigenvalue weighted by Gasteiger charge is 2.15. The highest BCUT2D eigenvalue weighted by molar-refractivity contribution is 7.09. The van der Waals surface area contributed by atoms with Crippen molar-refractivity contribution in [2.24, 2.45) is 0 Å². The molecule has 0 amide bonds. The fraction of sp³-hybridized carbons (Fsp3) is 0.444. The van der Waals surface area contributed by atoms with Crippen LogP contribution in [0, 0.1) is 6.92 Å². The van der Waals surface area contributed by atoms with E-state index in [1.54, 1.807) is 0 Å². The van der Waals surface area contributed by atoms with Gasteiger partial charge in [-0.25, -0.2) is 4.98 Å². The van der Waals surface area contributed by atoms with Gasteiger partial charge in [-0.15, -0.1) is 0 Å². The largest absolute Gasteiger partial charge is 0.378 e. The van der Waals surface area contributed by atoms with Crippen molar-refractivity contribution >= 4 is 28.3 Å². The molecule has 8 nitrogen and oxygen atoms in total. The fourth-order valence-electron chi connectivity index (χ4n) is 3.04. The van der Waals surface area contributed by atoms with Gasteiger partial charge in [-0.3, -0.25) is 4.68 Å². The van der Waals surface area contributed by atoms with Crippen LogP contribution < -0.4 is 10.2 Å². The van der Waals surface area contributed by atoms with Crippen LogP contribution in [-0.4, -0.2) is 50.4 Å². The highest BCUT2D eigenvalue weighted by atomic mass is 32.1. The zero-order valence-corrected chi connectivity index (χ0v) is 16.4. The Hall–Kier alpha value is -2.52. The van der Waals surface area contributed by atoms with Gasteiger partial charge < -0.3 is 15.0 Å². The standard InChI is InChI=1S/C18H23N7OS/c1-3-7-25-12-14(13(2)22-25)17-21-18(27-23-17)20-15-5-4-6-16(19-15)24-8-10-26-11-9-24/h4-6,12H,3,7-11H2,1-2H3,(H,19,20,21,23). The average Bonchev–Trinajstić information content (AvgIpc) is 3.29. The molecule has 1 aliphatic heterocycles. The summed E-state index contributed by atoms with van der Waals surface area (Å²) in [4.78, 5) is 11.6. The Morgan fingerprint density at radius 1 is 1.22 bits per heavy atom. The SMILES string of the molecule is CCCn1cc(-c2nsc(Nc3cccc(N4CCOCC4)n3)n2)c(C)n1. The smallest absolute Gasteiger partial charge is 0.208 e. The molecule has 0 saturated carbocycles. The van der Waals surface area contributed by atoms with Gasteiger partial charge in [0.1, 0.15) is 11.6 Å². The maximum absolute atomic E-state index is 5.41. The van der Waals surface area contributed by atoms with Crippen molar-refractivity contribution in [2.75, 3.05) is 36.5 Å². The van der Waals surface area contributed by atoms with Gasteiger partial charge >= 0.3 is 0 Å². The number of hydrogen-bond donors (Lipinski definition) is 1. The molecule has 1 saturated heterocycles. The molecule has 1 aliphatic rings. The summed E-state index contributed by atoms with van der Waals surface area (Å²) >= 11 is 1.33. The fourth-order valence-corrected chi connectivity index (χ4v) is 3.63. The maximum atomic E-state index is 5.41. The maximum Gasteiger partial charge on any atom is 0.208 e. The van der Waals surface area contributed by atoms with Crippen molar-refractivity contribution in [2.45, 2.75) is 26.8 Å². The Morgan fingerprint density at radius 2 is 2.07 bits per heavy atom. The van der Waals surface area contributed by atoms with E-state index in [1.165, 1.54) is 11.5 Å². The second-order valence-corrected chi connectivity index (χ2v) is 7.17. The summed E-state index contributed by atoms with van der Waals surface area (Å²) in [6.45, 7) is 8.23. The van der Waals surface area contributed by atoms with Crippen LogP contribution in [0.2, 0.25) is 0 Å². The predicted octanol–water partition coefficient (Wildman–Crippen LogP) is 3.10. The van der Waals surface area contributed by atoms with Crippen molar-refractivity contribution in [1.82, 2.24) is 24.1 Å². The summed E-state index contributed by atoms with van der Waals surface area (Å²) in [7, 11) is 0. The molecule has 1 N–H and O–H groups in total. The van der Waals surface area contributed by atoms with Gasteiger partial charge in [-0.1, -0.05) is 13.0 Å². The number of anilines is 3. The predicted molar refractivity (Wildman–Crippen MR) is 107 cm³/mol. The first-order valence-electron chi connectivity index (χ1n) is 9.18. The summed E-state index contributed by atoms with van der Waals surface area (Å²) in [5.74, 6) is 2.41. The minimum absolute atomic E-state index is 0.701. The second kappa shape index (κ2) is 8.01. The molecule has 27 heavy (non-hydrogen) atoms. The highest BCUT2D eigenvalue weighted by Crippen LogP contribution is 2.26. The van der Waals surface area contributed by atoms with E-state index in [1.807, 2.05) is 36.0 Å². The van der Waals surface area contributed by atoms with Gasteiger partial charge in [0.25, 0.3) is 0 Å². The zero-order chi connectivity index (χ0) is 18.6. The summed E-state index contributed by atoms with van der Waals surface area (Å²) in [6, 6.07) is 5.96. The van der Waals surface area contributed by atoms with Crippen LogP contribution >= 0.6 is 11.5 Å². The van der Waals surface area contributed by atoms with Gasteiger partial charge in [-0.05, 0) is 25.5 Å².